The third kappa shape index (κ3) is 2.88. The molecule has 0 radical (unpaired) electrons. The zero-order chi connectivity index (χ0) is 13.0. The molecule has 18 heavy (non-hydrogen) atoms. The van der Waals surface area contributed by atoms with Crippen molar-refractivity contribution in [2.75, 3.05) is 0 Å². The standard InChI is InChI=1S/C14H18N2O2/c1-10-6-2-4-8-12(10)15-16-14(18)11-7-3-5-9-13(11)17/h3,5,7,9-10,17H,2,4,6,8H2,1H3,(H,16,18)/t10-/m1/s1. The predicted octanol–water partition coefficient (Wildman–Crippen LogP) is 2.69. The smallest absolute Gasteiger partial charge is 0.275 e. The molecule has 4 nitrogen and oxygen atoms in total. The fraction of sp³-hybridized carbons (Fsp3) is 0.429. The largest absolute Gasteiger partial charge is 0.507 e. The average molecular weight is 246 g/mol. The van der Waals surface area contributed by atoms with E-state index in [1.807, 2.05) is 0 Å². The molecule has 0 aromatic heterocycles. The quantitative estimate of drug-likeness (QED) is 0.788. The van der Waals surface area contributed by atoms with Crippen molar-refractivity contribution in [3.8, 4) is 5.75 Å². The lowest BCUT2D eigenvalue weighted by molar-refractivity contribution is 0.0951. The second-order valence-electron chi connectivity index (χ2n) is 4.71. The number of aromatic hydroxyl groups is 1. The Labute approximate surface area is 107 Å². The van der Waals surface area contributed by atoms with Crippen molar-refractivity contribution in [3.63, 3.8) is 0 Å². The summed E-state index contributed by atoms with van der Waals surface area (Å²) >= 11 is 0. The summed E-state index contributed by atoms with van der Waals surface area (Å²) in [7, 11) is 0. The molecule has 0 unspecified atom stereocenters. The van der Waals surface area contributed by atoms with Crippen LogP contribution in [0.1, 0.15) is 43.0 Å². The van der Waals surface area contributed by atoms with Crippen LogP contribution in [0.15, 0.2) is 29.4 Å². The van der Waals surface area contributed by atoms with Crippen LogP contribution in [0.4, 0.5) is 0 Å². The van der Waals surface area contributed by atoms with Crippen molar-refractivity contribution in [2.24, 2.45) is 11.0 Å². The highest BCUT2D eigenvalue weighted by Gasteiger charge is 2.16. The fourth-order valence-electron chi connectivity index (χ4n) is 2.18. The first-order valence-corrected chi connectivity index (χ1v) is 6.33. The predicted molar refractivity (Wildman–Crippen MR) is 70.6 cm³/mol. The molecule has 2 rings (SSSR count). The van der Waals surface area contributed by atoms with E-state index in [0.29, 0.717) is 5.92 Å². The van der Waals surface area contributed by atoms with Gasteiger partial charge < -0.3 is 5.11 Å². The molecule has 1 aliphatic carbocycles. The first-order chi connectivity index (χ1) is 8.68. The van der Waals surface area contributed by atoms with Crippen LogP contribution in [0.25, 0.3) is 0 Å². The first kappa shape index (κ1) is 12.6. The number of amides is 1. The third-order valence-corrected chi connectivity index (χ3v) is 3.34. The molecule has 0 heterocycles. The summed E-state index contributed by atoms with van der Waals surface area (Å²) < 4.78 is 0. The van der Waals surface area contributed by atoms with Gasteiger partial charge in [-0.2, -0.15) is 5.10 Å². The SMILES string of the molecule is C[C@@H]1CCCCC1=NNC(=O)c1ccccc1O. The van der Waals surface area contributed by atoms with Crippen molar-refractivity contribution < 1.29 is 9.90 Å². The van der Waals surface area contributed by atoms with Gasteiger partial charge in [0.1, 0.15) is 5.75 Å². The summed E-state index contributed by atoms with van der Waals surface area (Å²) in [5, 5.41) is 13.7. The molecule has 1 aliphatic rings. The maximum atomic E-state index is 11.8. The lowest BCUT2D eigenvalue weighted by Gasteiger charge is -2.19. The van der Waals surface area contributed by atoms with E-state index in [1.165, 1.54) is 12.5 Å². The summed E-state index contributed by atoms with van der Waals surface area (Å²) in [4.78, 5) is 11.8. The van der Waals surface area contributed by atoms with E-state index in [0.717, 1.165) is 25.0 Å². The second kappa shape index (κ2) is 5.67. The van der Waals surface area contributed by atoms with E-state index in [4.69, 9.17) is 0 Å². The summed E-state index contributed by atoms with van der Waals surface area (Å²) in [6.07, 6.45) is 4.44. The highest BCUT2D eigenvalue weighted by Crippen LogP contribution is 2.21. The van der Waals surface area contributed by atoms with Gasteiger partial charge in [-0.25, -0.2) is 5.43 Å². The van der Waals surface area contributed by atoms with E-state index in [1.54, 1.807) is 18.2 Å². The summed E-state index contributed by atoms with van der Waals surface area (Å²) in [6, 6.07) is 6.46. The number of hydrogen-bond acceptors (Lipinski definition) is 3. The molecule has 0 aliphatic heterocycles. The van der Waals surface area contributed by atoms with Gasteiger partial charge in [0, 0.05) is 5.71 Å². The minimum absolute atomic E-state index is 0.0214. The molecule has 0 saturated heterocycles. The maximum absolute atomic E-state index is 11.8. The van der Waals surface area contributed by atoms with Crippen LogP contribution in [0.5, 0.6) is 5.75 Å². The van der Waals surface area contributed by atoms with Crippen LogP contribution in [0.2, 0.25) is 0 Å². The Kier molecular flexibility index (Phi) is 3.97. The van der Waals surface area contributed by atoms with Gasteiger partial charge in [-0.3, -0.25) is 4.79 Å². The van der Waals surface area contributed by atoms with Crippen molar-refractivity contribution in [1.82, 2.24) is 5.43 Å². The zero-order valence-electron chi connectivity index (χ0n) is 10.5. The maximum Gasteiger partial charge on any atom is 0.275 e. The average Bonchev–Trinajstić information content (AvgIpc) is 2.38. The lowest BCUT2D eigenvalue weighted by Crippen LogP contribution is -2.24. The third-order valence-electron chi connectivity index (χ3n) is 3.34. The highest BCUT2D eigenvalue weighted by molar-refractivity contribution is 5.98. The minimum atomic E-state index is -0.363. The van der Waals surface area contributed by atoms with E-state index >= 15 is 0 Å². The van der Waals surface area contributed by atoms with Gasteiger partial charge in [0.05, 0.1) is 5.56 Å². The number of carbonyl (C=O) groups excluding carboxylic acids is 1. The van der Waals surface area contributed by atoms with E-state index in [-0.39, 0.29) is 17.2 Å². The van der Waals surface area contributed by atoms with Crippen LogP contribution in [0.3, 0.4) is 0 Å². The molecule has 4 heteroatoms. The number of phenols is 1. The van der Waals surface area contributed by atoms with Crippen molar-refractivity contribution >= 4 is 11.6 Å². The molecule has 2 N–H and O–H groups in total. The van der Waals surface area contributed by atoms with Crippen molar-refractivity contribution in [2.45, 2.75) is 32.6 Å². The number of nitrogens with one attached hydrogen (secondary N) is 1. The van der Waals surface area contributed by atoms with E-state index in [2.05, 4.69) is 17.5 Å². The molecular weight excluding hydrogens is 228 g/mol. The number of nitrogens with zero attached hydrogens (tertiary/aromatic N) is 1. The fourth-order valence-corrected chi connectivity index (χ4v) is 2.18. The molecule has 1 fully saturated rings. The second-order valence-corrected chi connectivity index (χ2v) is 4.71. The van der Waals surface area contributed by atoms with Crippen LogP contribution in [-0.4, -0.2) is 16.7 Å². The number of phenolic OH excluding ortho intramolecular Hbond substituents is 1. The monoisotopic (exact) mass is 246 g/mol. The minimum Gasteiger partial charge on any atom is -0.507 e. The van der Waals surface area contributed by atoms with Crippen molar-refractivity contribution in [1.29, 1.82) is 0 Å². The van der Waals surface area contributed by atoms with Gasteiger partial charge >= 0.3 is 0 Å². The first-order valence-electron chi connectivity index (χ1n) is 6.33. The number of carbonyl (C=O) groups is 1. The molecule has 96 valence electrons. The van der Waals surface area contributed by atoms with Crippen LogP contribution >= 0.6 is 0 Å². The number of hydrogen-bond donors (Lipinski definition) is 2. The Morgan fingerprint density at radius 2 is 2.17 bits per heavy atom. The van der Waals surface area contributed by atoms with Gasteiger partial charge in [0.25, 0.3) is 5.91 Å². The number of rotatable bonds is 2. The lowest BCUT2D eigenvalue weighted by atomic mass is 9.89. The van der Waals surface area contributed by atoms with Crippen molar-refractivity contribution in [3.05, 3.63) is 29.8 Å². The zero-order valence-corrected chi connectivity index (χ0v) is 10.5. The van der Waals surface area contributed by atoms with Gasteiger partial charge in [-0.1, -0.05) is 25.5 Å². The topological polar surface area (TPSA) is 61.7 Å². The summed E-state index contributed by atoms with van der Waals surface area (Å²) in [5.74, 6) is 0.0497. The van der Waals surface area contributed by atoms with Gasteiger partial charge in [0.2, 0.25) is 0 Å². The van der Waals surface area contributed by atoms with Gasteiger partial charge in [-0.15, -0.1) is 0 Å². The molecule has 1 saturated carbocycles. The Morgan fingerprint density at radius 1 is 1.39 bits per heavy atom. The molecular formula is C14H18N2O2. The highest BCUT2D eigenvalue weighted by atomic mass is 16.3. The molecule has 0 spiro atoms. The van der Waals surface area contributed by atoms with E-state index in [9.17, 15) is 9.90 Å². The Morgan fingerprint density at radius 3 is 2.89 bits per heavy atom. The van der Waals surface area contributed by atoms with Crippen LogP contribution in [-0.2, 0) is 0 Å². The summed E-state index contributed by atoms with van der Waals surface area (Å²) in [5.41, 5.74) is 3.83. The van der Waals surface area contributed by atoms with Crippen LogP contribution < -0.4 is 5.43 Å². The molecule has 1 amide bonds. The number of benzene rings is 1. The number of para-hydroxylation sites is 1. The molecule has 1 aromatic rings. The number of hydrazone groups is 1. The van der Waals surface area contributed by atoms with E-state index < -0.39 is 0 Å². The van der Waals surface area contributed by atoms with Crippen LogP contribution in [0, 0.1) is 5.92 Å². The Bertz CT molecular complexity index is 469. The molecule has 1 atom stereocenters. The molecule has 1 aromatic carbocycles. The normalized spacial score (nSPS) is 21.8. The molecule has 0 bridgehead atoms. The summed E-state index contributed by atoms with van der Waals surface area (Å²) in [6.45, 7) is 2.13. The van der Waals surface area contributed by atoms with Gasteiger partial charge in [-0.05, 0) is 37.3 Å². The Balaban J connectivity index is 2.04. The van der Waals surface area contributed by atoms with Gasteiger partial charge in [0.15, 0.2) is 0 Å². The Hall–Kier alpha value is -1.84.